The van der Waals surface area contributed by atoms with Crippen LogP contribution in [0.5, 0.6) is 5.75 Å². The summed E-state index contributed by atoms with van der Waals surface area (Å²) in [4.78, 5) is 4.59. The molecule has 1 heterocycles. The molecule has 0 radical (unpaired) electrons. The molecule has 1 aliphatic carbocycles. The van der Waals surface area contributed by atoms with Crippen LogP contribution in [0.1, 0.15) is 41.0 Å². The number of benzene rings is 3. The summed E-state index contributed by atoms with van der Waals surface area (Å²) in [6.07, 6.45) is -1.41. The number of rotatable bonds is 7. The molecule has 6 nitrogen and oxygen atoms in total. The molecular weight excluding hydrogens is 515 g/mol. The van der Waals surface area contributed by atoms with Gasteiger partial charge in [0.1, 0.15) is 11.6 Å². The predicted molar refractivity (Wildman–Crippen MR) is 136 cm³/mol. The van der Waals surface area contributed by atoms with Crippen LogP contribution >= 0.6 is 0 Å². The van der Waals surface area contributed by atoms with Gasteiger partial charge in [0, 0.05) is 17.1 Å². The molecule has 0 aliphatic heterocycles. The molecule has 0 saturated heterocycles. The van der Waals surface area contributed by atoms with Crippen molar-refractivity contribution in [3.05, 3.63) is 95.2 Å². The van der Waals surface area contributed by atoms with Crippen LogP contribution in [0.25, 0.3) is 10.8 Å². The first-order chi connectivity index (χ1) is 18.1. The summed E-state index contributed by atoms with van der Waals surface area (Å²) >= 11 is 0. The number of alkyl halides is 3. The van der Waals surface area contributed by atoms with E-state index in [4.69, 9.17) is 0 Å². The molecule has 1 fully saturated rings. The van der Waals surface area contributed by atoms with E-state index in [9.17, 15) is 26.9 Å². The van der Waals surface area contributed by atoms with Gasteiger partial charge in [-0.05, 0) is 72.5 Å². The lowest BCUT2D eigenvalue weighted by molar-refractivity contribution is -0.274. The SMILES string of the molecule is Cc1cc(S(=O)(=O)N(Cc2ccc(OC(F)(F)F)cc2)c2ncc3ccccc3c2C2CC2)ccc1C#N. The number of pyridine rings is 1. The smallest absolute Gasteiger partial charge is 0.406 e. The number of nitriles is 1. The highest BCUT2D eigenvalue weighted by Gasteiger charge is 2.35. The molecule has 4 aromatic rings. The van der Waals surface area contributed by atoms with Crippen LogP contribution in [-0.4, -0.2) is 19.8 Å². The van der Waals surface area contributed by atoms with Gasteiger partial charge < -0.3 is 4.74 Å². The molecule has 0 spiro atoms. The van der Waals surface area contributed by atoms with Gasteiger partial charge in [-0.2, -0.15) is 5.26 Å². The van der Waals surface area contributed by atoms with Gasteiger partial charge in [-0.3, -0.25) is 0 Å². The van der Waals surface area contributed by atoms with Crippen molar-refractivity contribution in [3.8, 4) is 11.8 Å². The number of anilines is 1. The molecule has 38 heavy (non-hydrogen) atoms. The van der Waals surface area contributed by atoms with E-state index in [2.05, 4.69) is 9.72 Å². The molecule has 3 aromatic carbocycles. The summed E-state index contributed by atoms with van der Waals surface area (Å²) in [7, 11) is -4.19. The Balaban J connectivity index is 1.64. The van der Waals surface area contributed by atoms with E-state index >= 15 is 0 Å². The van der Waals surface area contributed by atoms with Gasteiger partial charge in [0.05, 0.1) is 23.1 Å². The highest BCUT2D eigenvalue weighted by atomic mass is 32.2. The first-order valence-electron chi connectivity index (χ1n) is 11.8. The molecular formula is C28H22F3N3O3S. The number of aryl methyl sites for hydroxylation is 1. The van der Waals surface area contributed by atoms with Crippen LogP contribution in [0.15, 0.2) is 77.8 Å². The van der Waals surface area contributed by atoms with Crippen molar-refractivity contribution >= 4 is 26.6 Å². The van der Waals surface area contributed by atoms with Gasteiger partial charge in [0.15, 0.2) is 0 Å². The number of nitrogens with zero attached hydrogens (tertiary/aromatic N) is 3. The third-order valence-corrected chi connectivity index (χ3v) is 8.16. The predicted octanol–water partition coefficient (Wildman–Crippen LogP) is 6.59. The van der Waals surface area contributed by atoms with Gasteiger partial charge in [0.25, 0.3) is 10.0 Å². The fourth-order valence-electron chi connectivity index (χ4n) is 4.43. The van der Waals surface area contributed by atoms with E-state index < -0.39 is 22.1 Å². The maximum absolute atomic E-state index is 14.1. The summed E-state index contributed by atoms with van der Waals surface area (Å²) in [5.41, 5.74) is 2.15. The second kappa shape index (κ2) is 9.65. The van der Waals surface area contributed by atoms with Crippen molar-refractivity contribution in [3.63, 3.8) is 0 Å². The van der Waals surface area contributed by atoms with Gasteiger partial charge >= 0.3 is 6.36 Å². The zero-order valence-electron chi connectivity index (χ0n) is 20.2. The number of halogens is 3. The largest absolute Gasteiger partial charge is 0.573 e. The molecule has 1 aliphatic rings. The Morgan fingerprint density at radius 2 is 1.79 bits per heavy atom. The summed E-state index contributed by atoms with van der Waals surface area (Å²) in [5, 5.41) is 11.1. The van der Waals surface area contributed by atoms with E-state index in [1.807, 2.05) is 30.3 Å². The van der Waals surface area contributed by atoms with Crippen molar-refractivity contribution < 1.29 is 26.3 Å². The number of hydrogen-bond acceptors (Lipinski definition) is 5. The summed E-state index contributed by atoms with van der Waals surface area (Å²) < 4.78 is 71.2. The summed E-state index contributed by atoms with van der Waals surface area (Å²) in [6.45, 7) is 1.49. The minimum absolute atomic E-state index is 0.0114. The molecule has 10 heteroatoms. The van der Waals surface area contributed by atoms with Crippen LogP contribution < -0.4 is 9.04 Å². The molecule has 1 aromatic heterocycles. The first-order valence-corrected chi connectivity index (χ1v) is 13.3. The molecule has 5 rings (SSSR count). The number of hydrogen-bond donors (Lipinski definition) is 0. The van der Waals surface area contributed by atoms with Crippen LogP contribution in [-0.2, 0) is 16.6 Å². The molecule has 1 saturated carbocycles. The molecule has 0 amide bonds. The van der Waals surface area contributed by atoms with E-state index in [0.717, 1.165) is 41.3 Å². The molecule has 0 N–H and O–H groups in total. The third kappa shape index (κ3) is 5.15. The van der Waals surface area contributed by atoms with E-state index in [0.29, 0.717) is 16.7 Å². The van der Waals surface area contributed by atoms with Gasteiger partial charge in [-0.15, -0.1) is 13.2 Å². The van der Waals surface area contributed by atoms with Gasteiger partial charge in [0.2, 0.25) is 0 Å². The molecule has 194 valence electrons. The Morgan fingerprint density at radius 3 is 2.42 bits per heavy atom. The van der Waals surface area contributed by atoms with Crippen molar-refractivity contribution in [2.45, 2.75) is 43.5 Å². The number of ether oxygens (including phenoxy) is 1. The monoisotopic (exact) mass is 537 g/mol. The third-order valence-electron chi connectivity index (χ3n) is 6.43. The lowest BCUT2D eigenvalue weighted by atomic mass is 10.0. The number of fused-ring (bicyclic) bond motifs is 1. The highest BCUT2D eigenvalue weighted by molar-refractivity contribution is 7.92. The fraction of sp³-hybridized carbons (Fsp3) is 0.214. The summed E-state index contributed by atoms with van der Waals surface area (Å²) in [5.74, 6) is 0.0243. The Labute approximate surface area is 218 Å². The van der Waals surface area contributed by atoms with Crippen LogP contribution in [0.2, 0.25) is 0 Å². The van der Waals surface area contributed by atoms with Crippen LogP contribution in [0, 0.1) is 18.3 Å². The minimum atomic E-state index is -4.83. The van der Waals surface area contributed by atoms with Crippen molar-refractivity contribution in [2.75, 3.05) is 4.31 Å². The zero-order chi connectivity index (χ0) is 27.1. The number of aromatic nitrogens is 1. The van der Waals surface area contributed by atoms with Gasteiger partial charge in [-0.25, -0.2) is 17.7 Å². The first kappa shape index (κ1) is 25.5. The molecule has 0 unspecified atom stereocenters. The van der Waals surface area contributed by atoms with Crippen LogP contribution in [0.3, 0.4) is 0 Å². The highest BCUT2D eigenvalue weighted by Crippen LogP contribution is 2.48. The van der Waals surface area contributed by atoms with Crippen molar-refractivity contribution in [1.82, 2.24) is 4.98 Å². The average molecular weight is 538 g/mol. The summed E-state index contributed by atoms with van der Waals surface area (Å²) in [6, 6.07) is 19.0. The normalized spacial score (nSPS) is 13.8. The van der Waals surface area contributed by atoms with E-state index in [1.165, 1.54) is 34.6 Å². The molecule has 0 atom stereocenters. The minimum Gasteiger partial charge on any atom is -0.406 e. The Bertz CT molecular complexity index is 1660. The number of sulfonamides is 1. The second-order valence-corrected chi connectivity index (χ2v) is 11.0. The van der Waals surface area contributed by atoms with Crippen LogP contribution in [0.4, 0.5) is 19.0 Å². The second-order valence-electron chi connectivity index (χ2n) is 9.15. The van der Waals surface area contributed by atoms with E-state index in [1.54, 1.807) is 13.1 Å². The van der Waals surface area contributed by atoms with Gasteiger partial charge in [-0.1, -0.05) is 36.4 Å². The lowest BCUT2D eigenvalue weighted by Gasteiger charge is -2.27. The quantitative estimate of drug-likeness (QED) is 0.266. The molecule has 0 bridgehead atoms. The lowest BCUT2D eigenvalue weighted by Crippen LogP contribution is -2.32. The topological polar surface area (TPSA) is 83.3 Å². The Morgan fingerprint density at radius 1 is 1.08 bits per heavy atom. The maximum Gasteiger partial charge on any atom is 0.573 e. The van der Waals surface area contributed by atoms with Crippen molar-refractivity contribution in [1.29, 1.82) is 5.26 Å². The van der Waals surface area contributed by atoms with E-state index in [-0.39, 0.29) is 23.2 Å². The Hall–Kier alpha value is -4.10. The zero-order valence-corrected chi connectivity index (χ0v) is 21.1. The maximum atomic E-state index is 14.1. The average Bonchev–Trinajstić information content (AvgIpc) is 3.72. The Kier molecular flexibility index (Phi) is 6.49. The van der Waals surface area contributed by atoms with Crippen molar-refractivity contribution in [2.24, 2.45) is 0 Å². The fourth-order valence-corrected chi connectivity index (χ4v) is 5.95. The standard InChI is InChI=1S/C28H22F3N3O3S/c1-18-14-24(13-10-21(18)15-32)38(35,36)34(17-19-6-11-23(12-7-19)37-28(29,30)31)27-26(20-8-9-20)25-5-3-2-4-22(25)16-33-27/h2-7,10-14,16,20H,8-9,17H2,1H3.